The van der Waals surface area contributed by atoms with Crippen molar-refractivity contribution in [1.29, 1.82) is 0 Å². The molecule has 0 unspecified atom stereocenters. The number of benzene rings is 1. The fraction of sp³-hybridized carbons (Fsp3) is 0.316. The van der Waals surface area contributed by atoms with Gasteiger partial charge in [-0.3, -0.25) is 9.59 Å². The Morgan fingerprint density at radius 3 is 2.39 bits per heavy atom. The fourth-order valence-electron chi connectivity index (χ4n) is 2.75. The molecule has 9 nitrogen and oxygen atoms in total. The summed E-state index contributed by atoms with van der Waals surface area (Å²) >= 11 is 0. The molecule has 0 saturated carbocycles. The quantitative estimate of drug-likeness (QED) is 0.592. The third kappa shape index (κ3) is 4.61. The minimum absolute atomic E-state index is 0.205. The molecule has 1 aromatic heterocycles. The first-order chi connectivity index (χ1) is 13.6. The summed E-state index contributed by atoms with van der Waals surface area (Å²) < 4.78 is 4.95. The van der Waals surface area contributed by atoms with E-state index in [-0.39, 0.29) is 17.6 Å². The molecule has 0 radical (unpaired) electrons. The zero-order valence-corrected chi connectivity index (χ0v) is 15.5. The minimum Gasteiger partial charge on any atom is -0.462 e. The van der Waals surface area contributed by atoms with Crippen molar-refractivity contribution < 1.29 is 19.1 Å². The van der Waals surface area contributed by atoms with Crippen LogP contribution in [-0.2, 0) is 9.53 Å². The molecule has 0 aliphatic carbocycles. The Bertz CT molecular complexity index is 830. The smallest absolute Gasteiger partial charge is 0.338 e. The molecule has 0 spiro atoms. The van der Waals surface area contributed by atoms with Crippen molar-refractivity contribution in [1.82, 2.24) is 19.8 Å². The van der Waals surface area contributed by atoms with E-state index in [1.54, 1.807) is 41.0 Å². The second-order valence-corrected chi connectivity index (χ2v) is 6.14. The van der Waals surface area contributed by atoms with E-state index in [4.69, 9.17) is 4.74 Å². The Kier molecular flexibility index (Phi) is 6.15. The van der Waals surface area contributed by atoms with Crippen LogP contribution in [0.2, 0.25) is 0 Å². The normalized spacial score (nSPS) is 13.8. The number of carbonyl (C=O) groups is 3. The molecule has 146 valence electrons. The lowest BCUT2D eigenvalue weighted by atomic mass is 10.2. The average molecular weight is 383 g/mol. The van der Waals surface area contributed by atoms with E-state index < -0.39 is 0 Å². The molecule has 1 aliphatic rings. The van der Waals surface area contributed by atoms with Gasteiger partial charge in [0, 0.05) is 31.9 Å². The first-order valence-corrected chi connectivity index (χ1v) is 8.95. The lowest BCUT2D eigenvalue weighted by Gasteiger charge is -2.32. The van der Waals surface area contributed by atoms with Crippen molar-refractivity contribution in [2.45, 2.75) is 6.92 Å². The molecule has 1 aromatic carbocycles. The molecule has 1 N–H and O–H groups in total. The summed E-state index contributed by atoms with van der Waals surface area (Å²) in [5, 5.41) is 3.06. The van der Waals surface area contributed by atoms with Gasteiger partial charge in [0.15, 0.2) is 0 Å². The van der Waals surface area contributed by atoms with Crippen molar-refractivity contribution in [2.24, 2.45) is 0 Å². The van der Waals surface area contributed by atoms with Crippen LogP contribution in [0.15, 0.2) is 36.7 Å². The number of amides is 2. The summed E-state index contributed by atoms with van der Waals surface area (Å²) in [5.74, 6) is -0.0970. The van der Waals surface area contributed by atoms with Gasteiger partial charge in [-0.2, -0.15) is 0 Å². The SMILES string of the molecule is CCOC(=O)c1ccc(Nc2cnc(C(=O)N3CCN(C=O)CC3)cn2)cc1. The van der Waals surface area contributed by atoms with Gasteiger partial charge in [-0.1, -0.05) is 0 Å². The Labute approximate surface area is 162 Å². The standard InChI is InChI=1S/C19H21N5O4/c1-2-28-19(27)14-3-5-15(6-4-14)22-17-12-20-16(11-21-17)18(26)24-9-7-23(13-25)8-10-24/h3-6,11-13H,2,7-10H2,1H3,(H,21,22). The zero-order chi connectivity index (χ0) is 19.9. The van der Waals surface area contributed by atoms with Crippen molar-refractivity contribution in [2.75, 3.05) is 38.1 Å². The van der Waals surface area contributed by atoms with Crippen LogP contribution < -0.4 is 5.32 Å². The highest BCUT2D eigenvalue weighted by atomic mass is 16.5. The summed E-state index contributed by atoms with van der Waals surface area (Å²) in [6.45, 7) is 4.07. The Morgan fingerprint density at radius 1 is 1.11 bits per heavy atom. The van der Waals surface area contributed by atoms with Gasteiger partial charge in [0.05, 0.1) is 24.6 Å². The average Bonchev–Trinajstić information content (AvgIpc) is 2.74. The van der Waals surface area contributed by atoms with Crippen molar-refractivity contribution in [3.8, 4) is 0 Å². The van der Waals surface area contributed by atoms with E-state index >= 15 is 0 Å². The number of anilines is 2. The summed E-state index contributed by atoms with van der Waals surface area (Å²) in [4.78, 5) is 46.6. The molecule has 28 heavy (non-hydrogen) atoms. The maximum Gasteiger partial charge on any atom is 0.338 e. The summed E-state index contributed by atoms with van der Waals surface area (Å²) in [5.41, 5.74) is 1.45. The maximum absolute atomic E-state index is 12.5. The number of ether oxygens (including phenoxy) is 1. The van der Waals surface area contributed by atoms with Crippen LogP contribution in [0.4, 0.5) is 11.5 Å². The molecule has 1 aliphatic heterocycles. The van der Waals surface area contributed by atoms with Gasteiger partial charge in [0.1, 0.15) is 11.5 Å². The molecule has 0 bridgehead atoms. The monoisotopic (exact) mass is 383 g/mol. The van der Waals surface area contributed by atoms with E-state index in [1.807, 2.05) is 0 Å². The van der Waals surface area contributed by atoms with Crippen molar-refractivity contribution in [3.05, 3.63) is 47.9 Å². The highest BCUT2D eigenvalue weighted by Gasteiger charge is 2.22. The van der Waals surface area contributed by atoms with Crippen LogP contribution in [0, 0.1) is 0 Å². The van der Waals surface area contributed by atoms with Gasteiger partial charge in [-0.05, 0) is 31.2 Å². The van der Waals surface area contributed by atoms with E-state index in [0.717, 1.165) is 12.1 Å². The molecule has 2 aromatic rings. The van der Waals surface area contributed by atoms with Gasteiger partial charge in [0.25, 0.3) is 5.91 Å². The highest BCUT2D eigenvalue weighted by Crippen LogP contribution is 2.16. The predicted octanol–water partition coefficient (Wildman–Crippen LogP) is 1.31. The van der Waals surface area contributed by atoms with E-state index in [2.05, 4.69) is 15.3 Å². The van der Waals surface area contributed by atoms with Crippen molar-refractivity contribution >= 4 is 29.8 Å². The van der Waals surface area contributed by atoms with Crippen LogP contribution in [0.3, 0.4) is 0 Å². The van der Waals surface area contributed by atoms with Gasteiger partial charge < -0.3 is 19.9 Å². The topological polar surface area (TPSA) is 105 Å². The molecule has 1 saturated heterocycles. The number of nitrogens with one attached hydrogen (secondary N) is 1. The first kappa shape index (κ1) is 19.3. The van der Waals surface area contributed by atoms with E-state index in [1.165, 1.54) is 12.4 Å². The van der Waals surface area contributed by atoms with Gasteiger partial charge in [-0.25, -0.2) is 14.8 Å². The second-order valence-electron chi connectivity index (χ2n) is 6.14. The Hall–Kier alpha value is -3.49. The number of rotatable bonds is 6. The number of hydrogen-bond acceptors (Lipinski definition) is 7. The highest BCUT2D eigenvalue weighted by molar-refractivity contribution is 5.92. The Balaban J connectivity index is 1.59. The molecule has 3 rings (SSSR count). The van der Waals surface area contributed by atoms with E-state index in [9.17, 15) is 14.4 Å². The molecule has 1 fully saturated rings. The molecule has 2 amide bonds. The number of esters is 1. The maximum atomic E-state index is 12.5. The van der Waals surface area contributed by atoms with Gasteiger partial charge in [-0.15, -0.1) is 0 Å². The summed E-state index contributed by atoms with van der Waals surface area (Å²) in [6, 6.07) is 6.79. The lowest BCUT2D eigenvalue weighted by Crippen LogP contribution is -2.48. The Morgan fingerprint density at radius 2 is 1.82 bits per heavy atom. The van der Waals surface area contributed by atoms with Crippen LogP contribution in [0.1, 0.15) is 27.8 Å². The lowest BCUT2D eigenvalue weighted by molar-refractivity contribution is -0.119. The number of piperazine rings is 1. The largest absolute Gasteiger partial charge is 0.462 e. The number of aromatic nitrogens is 2. The predicted molar refractivity (Wildman–Crippen MR) is 101 cm³/mol. The van der Waals surface area contributed by atoms with Crippen LogP contribution in [-0.4, -0.2) is 70.8 Å². The van der Waals surface area contributed by atoms with Crippen LogP contribution >= 0.6 is 0 Å². The minimum atomic E-state index is -0.370. The van der Waals surface area contributed by atoms with Crippen LogP contribution in [0.25, 0.3) is 0 Å². The second kappa shape index (κ2) is 8.94. The fourth-order valence-corrected chi connectivity index (χ4v) is 2.75. The number of hydrogen-bond donors (Lipinski definition) is 1. The van der Waals surface area contributed by atoms with Gasteiger partial charge in [0.2, 0.25) is 6.41 Å². The zero-order valence-electron chi connectivity index (χ0n) is 15.5. The van der Waals surface area contributed by atoms with E-state index in [0.29, 0.717) is 44.2 Å². The molecule has 2 heterocycles. The summed E-state index contributed by atoms with van der Waals surface area (Å²) in [7, 11) is 0. The molecule has 9 heteroatoms. The number of nitrogens with zero attached hydrogens (tertiary/aromatic N) is 4. The first-order valence-electron chi connectivity index (χ1n) is 8.95. The van der Waals surface area contributed by atoms with Crippen molar-refractivity contribution in [3.63, 3.8) is 0 Å². The van der Waals surface area contributed by atoms with Gasteiger partial charge >= 0.3 is 5.97 Å². The molecular weight excluding hydrogens is 362 g/mol. The number of carbonyl (C=O) groups excluding carboxylic acids is 3. The van der Waals surface area contributed by atoms with Crippen LogP contribution in [0.5, 0.6) is 0 Å². The third-order valence-electron chi connectivity index (χ3n) is 4.29. The molecular formula is C19H21N5O4. The summed E-state index contributed by atoms with van der Waals surface area (Å²) in [6.07, 6.45) is 3.69. The third-order valence-corrected chi connectivity index (χ3v) is 4.29. The molecule has 0 atom stereocenters.